The molecule has 0 aliphatic heterocycles. The first kappa shape index (κ1) is 21.8. The molecule has 0 atom stereocenters. The second kappa shape index (κ2) is 8.18. The Morgan fingerprint density at radius 2 is 1.71 bits per heavy atom. The molecule has 0 saturated carbocycles. The van der Waals surface area contributed by atoms with Crippen LogP contribution in [0.1, 0.15) is 27.0 Å². The molecule has 35 heavy (non-hydrogen) atoms. The van der Waals surface area contributed by atoms with E-state index < -0.39 is 10.0 Å². The van der Waals surface area contributed by atoms with Crippen molar-refractivity contribution >= 4 is 59.1 Å². The molecule has 1 aliphatic carbocycles. The lowest BCUT2D eigenvalue weighted by Crippen LogP contribution is -2.15. The smallest absolute Gasteiger partial charge is 0.261 e. The maximum Gasteiger partial charge on any atom is 0.261 e. The van der Waals surface area contributed by atoms with E-state index in [2.05, 4.69) is 34.3 Å². The zero-order valence-corrected chi connectivity index (χ0v) is 20.5. The van der Waals surface area contributed by atoms with E-state index in [9.17, 15) is 13.2 Å². The lowest BCUT2D eigenvalue weighted by molar-refractivity contribution is 0.102. The topological polar surface area (TPSA) is 88.2 Å². The van der Waals surface area contributed by atoms with Gasteiger partial charge in [-0.15, -0.1) is 0 Å². The molecule has 0 radical (unpaired) electrons. The molecule has 6 rings (SSSR count). The molecule has 1 amide bonds. The lowest BCUT2D eigenvalue weighted by Gasteiger charge is -2.10. The summed E-state index contributed by atoms with van der Waals surface area (Å²) in [4.78, 5) is 17.9. The van der Waals surface area contributed by atoms with Crippen LogP contribution in [0.25, 0.3) is 21.0 Å². The first-order valence-electron chi connectivity index (χ1n) is 11.2. The van der Waals surface area contributed by atoms with Crippen molar-refractivity contribution in [2.24, 2.45) is 0 Å². The number of rotatable bonds is 5. The van der Waals surface area contributed by atoms with Crippen LogP contribution in [0.15, 0.2) is 77.7 Å². The Morgan fingerprint density at radius 3 is 2.54 bits per heavy atom. The van der Waals surface area contributed by atoms with Gasteiger partial charge in [-0.25, -0.2) is 13.4 Å². The van der Waals surface area contributed by atoms with Crippen molar-refractivity contribution in [1.82, 2.24) is 4.98 Å². The number of carbonyl (C=O) groups is 1. The molecular formula is C27H21N3O3S2. The van der Waals surface area contributed by atoms with Gasteiger partial charge in [-0.1, -0.05) is 53.3 Å². The van der Waals surface area contributed by atoms with E-state index >= 15 is 0 Å². The third-order valence-electron chi connectivity index (χ3n) is 6.28. The second-order valence-corrected chi connectivity index (χ2v) is 11.4. The van der Waals surface area contributed by atoms with Crippen LogP contribution in [-0.4, -0.2) is 19.3 Å². The summed E-state index contributed by atoms with van der Waals surface area (Å²) in [5, 5.41) is 5.81. The van der Waals surface area contributed by atoms with Crippen LogP contribution >= 0.6 is 11.3 Å². The maximum atomic E-state index is 13.0. The number of hydrogen-bond donors (Lipinski definition) is 2. The highest BCUT2D eigenvalue weighted by atomic mass is 32.2. The monoisotopic (exact) mass is 499 g/mol. The number of anilines is 2. The van der Waals surface area contributed by atoms with Gasteiger partial charge >= 0.3 is 0 Å². The van der Waals surface area contributed by atoms with Gasteiger partial charge in [0.05, 0.1) is 15.1 Å². The zero-order chi connectivity index (χ0) is 24.2. The molecule has 1 aliphatic rings. The fraction of sp³-hybridized carbons (Fsp3) is 0.111. The number of nitrogens with one attached hydrogen (secondary N) is 2. The summed E-state index contributed by atoms with van der Waals surface area (Å²) in [6.45, 7) is 1.89. The summed E-state index contributed by atoms with van der Waals surface area (Å²) >= 11 is 1.45. The van der Waals surface area contributed by atoms with E-state index in [0.717, 1.165) is 34.0 Å². The standard InChI is InChI=1S/C27H21N3O3S2/c1-16-8-12-21(13-9-16)35(32,33)30-20-6-2-5-19(14-20)26(31)29-27-28-25-22-7-3-4-17-10-11-18(24(17)22)15-23(25)34-27/h2-9,12-15,30H,10-11H2,1H3,(H,28,29,31). The fourth-order valence-electron chi connectivity index (χ4n) is 4.58. The Balaban J connectivity index is 1.26. The summed E-state index contributed by atoms with van der Waals surface area (Å²) < 4.78 is 29.1. The van der Waals surface area contributed by atoms with Crippen molar-refractivity contribution in [2.75, 3.05) is 10.0 Å². The molecule has 4 aromatic carbocycles. The molecule has 2 N–H and O–H groups in total. The largest absolute Gasteiger partial charge is 0.298 e. The van der Waals surface area contributed by atoms with E-state index in [1.165, 1.54) is 33.9 Å². The lowest BCUT2D eigenvalue weighted by atomic mass is 10.0. The Labute approximate surface area is 206 Å². The third kappa shape index (κ3) is 3.94. The van der Waals surface area contributed by atoms with Crippen molar-refractivity contribution < 1.29 is 13.2 Å². The highest BCUT2D eigenvalue weighted by Gasteiger charge is 2.20. The number of hydrogen-bond acceptors (Lipinski definition) is 5. The van der Waals surface area contributed by atoms with Crippen LogP contribution in [-0.2, 0) is 22.9 Å². The van der Waals surface area contributed by atoms with Gasteiger partial charge in [0.15, 0.2) is 5.13 Å². The van der Waals surface area contributed by atoms with Crippen molar-refractivity contribution in [2.45, 2.75) is 24.7 Å². The summed E-state index contributed by atoms with van der Waals surface area (Å²) in [7, 11) is -3.76. The number of nitrogens with zero attached hydrogens (tertiary/aromatic N) is 1. The highest BCUT2D eigenvalue weighted by molar-refractivity contribution is 7.92. The van der Waals surface area contributed by atoms with Gasteiger partial charge in [0.25, 0.3) is 15.9 Å². The molecule has 0 fully saturated rings. The molecule has 1 heterocycles. The summed E-state index contributed by atoms with van der Waals surface area (Å²) in [5.74, 6) is -0.349. The van der Waals surface area contributed by atoms with Crippen LogP contribution in [0.5, 0.6) is 0 Å². The maximum absolute atomic E-state index is 13.0. The summed E-state index contributed by atoms with van der Waals surface area (Å²) in [6.07, 6.45) is 2.08. The van der Waals surface area contributed by atoms with E-state index in [1.54, 1.807) is 42.5 Å². The first-order chi connectivity index (χ1) is 16.9. The van der Waals surface area contributed by atoms with Crippen molar-refractivity contribution in [3.63, 3.8) is 0 Å². The number of thiazole rings is 1. The van der Waals surface area contributed by atoms with Crippen molar-refractivity contribution in [3.05, 3.63) is 95.1 Å². The molecule has 174 valence electrons. The Morgan fingerprint density at radius 1 is 0.943 bits per heavy atom. The van der Waals surface area contributed by atoms with Gasteiger partial charge in [-0.05, 0) is 72.7 Å². The van der Waals surface area contributed by atoms with E-state index in [-0.39, 0.29) is 10.8 Å². The number of fused-ring (bicyclic) bond motifs is 2. The molecule has 6 nitrogen and oxygen atoms in total. The molecule has 0 bridgehead atoms. The normalized spacial score (nSPS) is 12.8. The fourth-order valence-corrected chi connectivity index (χ4v) is 6.57. The predicted octanol–water partition coefficient (Wildman–Crippen LogP) is 5.91. The highest BCUT2D eigenvalue weighted by Crippen LogP contribution is 2.39. The molecule has 5 aromatic rings. The molecule has 0 unspecified atom stereocenters. The van der Waals surface area contributed by atoms with Gasteiger partial charge in [-0.2, -0.15) is 0 Å². The SMILES string of the molecule is Cc1ccc(S(=O)(=O)Nc2cccc(C(=O)Nc3nc4c(cc5c6c(cccc64)CC5)s3)c2)cc1. The number of carbonyl (C=O) groups excluding carboxylic acids is 1. The molecule has 0 spiro atoms. The van der Waals surface area contributed by atoms with Gasteiger partial charge in [0.2, 0.25) is 0 Å². The molecule has 8 heteroatoms. The van der Waals surface area contributed by atoms with Gasteiger partial charge in [0.1, 0.15) is 0 Å². The Kier molecular flexibility index (Phi) is 5.09. The average molecular weight is 500 g/mol. The summed E-state index contributed by atoms with van der Waals surface area (Å²) in [6, 6.07) is 21.5. The van der Waals surface area contributed by atoms with E-state index in [1.807, 2.05) is 6.92 Å². The van der Waals surface area contributed by atoms with Crippen molar-refractivity contribution in [1.29, 1.82) is 0 Å². The van der Waals surface area contributed by atoms with Crippen LogP contribution in [0.4, 0.5) is 10.8 Å². The molecule has 1 aromatic heterocycles. The van der Waals surface area contributed by atoms with Crippen LogP contribution in [0.3, 0.4) is 0 Å². The minimum absolute atomic E-state index is 0.162. The third-order valence-corrected chi connectivity index (χ3v) is 8.59. The van der Waals surface area contributed by atoms with Crippen LogP contribution in [0, 0.1) is 6.92 Å². The number of aryl methyl sites for hydroxylation is 3. The number of aromatic nitrogens is 1. The summed E-state index contributed by atoms with van der Waals surface area (Å²) in [5.41, 5.74) is 5.20. The first-order valence-corrected chi connectivity index (χ1v) is 13.5. The quantitative estimate of drug-likeness (QED) is 0.315. The second-order valence-electron chi connectivity index (χ2n) is 8.69. The van der Waals surface area contributed by atoms with Crippen LogP contribution < -0.4 is 10.0 Å². The van der Waals surface area contributed by atoms with Gasteiger partial charge in [0, 0.05) is 16.6 Å². The van der Waals surface area contributed by atoms with Gasteiger partial charge in [-0.3, -0.25) is 14.8 Å². The van der Waals surface area contributed by atoms with Crippen LogP contribution in [0.2, 0.25) is 0 Å². The molecular weight excluding hydrogens is 478 g/mol. The Hall–Kier alpha value is -3.75. The molecule has 0 saturated heterocycles. The van der Waals surface area contributed by atoms with Crippen molar-refractivity contribution in [3.8, 4) is 0 Å². The number of benzene rings is 4. The van der Waals surface area contributed by atoms with E-state index in [0.29, 0.717) is 16.4 Å². The minimum atomic E-state index is -3.76. The number of amides is 1. The minimum Gasteiger partial charge on any atom is -0.298 e. The Bertz CT molecular complexity index is 1740. The average Bonchev–Trinajstić information content (AvgIpc) is 3.44. The number of sulfonamides is 1. The predicted molar refractivity (Wildman–Crippen MR) is 141 cm³/mol. The van der Waals surface area contributed by atoms with E-state index in [4.69, 9.17) is 4.98 Å². The zero-order valence-electron chi connectivity index (χ0n) is 18.8. The van der Waals surface area contributed by atoms with Gasteiger partial charge < -0.3 is 0 Å².